The van der Waals surface area contributed by atoms with Gasteiger partial charge in [0.25, 0.3) is 0 Å². The van der Waals surface area contributed by atoms with E-state index in [9.17, 15) is 5.11 Å². The van der Waals surface area contributed by atoms with Crippen molar-refractivity contribution in [2.75, 3.05) is 0 Å². The minimum atomic E-state index is -0.172. The first-order valence-electron chi connectivity index (χ1n) is 11.6. The summed E-state index contributed by atoms with van der Waals surface area (Å²) in [6.07, 6.45) is 0. The Bertz CT molecular complexity index is 1200. The van der Waals surface area contributed by atoms with Crippen LogP contribution in [-0.2, 0) is 25.2 Å². The predicted molar refractivity (Wildman–Crippen MR) is 135 cm³/mol. The maximum Gasteiger partial charge on any atom is 0.119 e. The second-order valence-corrected chi connectivity index (χ2v) is 8.99. The number of quaternary nitrogens is 1. The van der Waals surface area contributed by atoms with Crippen LogP contribution in [0.2, 0.25) is 0 Å². The first-order chi connectivity index (χ1) is 16.4. The van der Waals surface area contributed by atoms with E-state index in [1.54, 1.807) is 12.1 Å². The molecular formula is C30H32ClNO3. The first kappa shape index (κ1) is 26.1. The van der Waals surface area contributed by atoms with E-state index in [1.165, 1.54) is 11.1 Å². The van der Waals surface area contributed by atoms with Gasteiger partial charge in [-0.05, 0) is 76.9 Å². The fourth-order valence-corrected chi connectivity index (χ4v) is 3.91. The lowest BCUT2D eigenvalue weighted by molar-refractivity contribution is -0.386. The number of rotatable bonds is 9. The lowest BCUT2D eigenvalue weighted by atomic mass is 9.78. The summed E-state index contributed by atoms with van der Waals surface area (Å²) >= 11 is 0. The average molecular weight is 490 g/mol. The highest BCUT2D eigenvalue weighted by molar-refractivity contribution is 5.41. The molecule has 0 heterocycles. The smallest absolute Gasteiger partial charge is 0.119 e. The number of hydrogen-bond donors (Lipinski definition) is 2. The number of hydrogen-bond acceptors (Lipinski definition) is 3. The van der Waals surface area contributed by atoms with E-state index in [4.69, 9.17) is 9.47 Å². The molecule has 0 spiro atoms. The predicted octanol–water partition coefficient (Wildman–Crippen LogP) is 2.62. The third-order valence-corrected chi connectivity index (χ3v) is 6.18. The minimum Gasteiger partial charge on any atom is -1.00 e. The van der Waals surface area contributed by atoms with Crippen LogP contribution in [0.3, 0.4) is 0 Å². The van der Waals surface area contributed by atoms with Crippen molar-refractivity contribution in [3.63, 3.8) is 0 Å². The molecule has 0 aliphatic heterocycles. The molecule has 0 unspecified atom stereocenters. The zero-order chi connectivity index (χ0) is 24.0. The van der Waals surface area contributed by atoms with Gasteiger partial charge in [0.2, 0.25) is 0 Å². The van der Waals surface area contributed by atoms with Crippen molar-refractivity contribution in [1.29, 1.82) is 0 Å². The van der Waals surface area contributed by atoms with Crippen LogP contribution in [0.5, 0.6) is 17.2 Å². The summed E-state index contributed by atoms with van der Waals surface area (Å²) in [5, 5.41) is 9.57. The van der Waals surface area contributed by atoms with E-state index in [0.717, 1.165) is 34.7 Å². The summed E-state index contributed by atoms with van der Waals surface area (Å²) in [5.74, 6) is 1.97. The lowest BCUT2D eigenvalue weighted by Crippen LogP contribution is -3.00. The maximum absolute atomic E-state index is 9.57. The summed E-state index contributed by atoms with van der Waals surface area (Å²) in [6, 6.07) is 32.0. The van der Waals surface area contributed by atoms with Gasteiger partial charge in [-0.15, -0.1) is 0 Å². The molecule has 0 aliphatic carbocycles. The minimum absolute atomic E-state index is 0. The van der Waals surface area contributed by atoms with Gasteiger partial charge in [0.15, 0.2) is 0 Å². The number of phenols is 1. The Morgan fingerprint density at radius 2 is 1.11 bits per heavy atom. The molecule has 4 nitrogen and oxygen atoms in total. The number of ether oxygens (including phenoxy) is 2. The van der Waals surface area contributed by atoms with Gasteiger partial charge < -0.3 is 32.7 Å². The Kier molecular flexibility index (Phi) is 8.80. The van der Waals surface area contributed by atoms with Gasteiger partial charge in [-0.3, -0.25) is 0 Å². The Hall–Kier alpha value is -3.47. The van der Waals surface area contributed by atoms with Gasteiger partial charge in [-0.1, -0.05) is 56.3 Å². The monoisotopic (exact) mass is 489 g/mol. The molecule has 4 aromatic rings. The summed E-state index contributed by atoms with van der Waals surface area (Å²) < 4.78 is 12.0. The van der Waals surface area contributed by atoms with Crippen LogP contribution in [-0.4, -0.2) is 5.11 Å². The molecule has 0 aliphatic rings. The van der Waals surface area contributed by atoms with Crippen molar-refractivity contribution in [3.05, 3.63) is 125 Å². The molecular weight excluding hydrogens is 458 g/mol. The molecule has 35 heavy (non-hydrogen) atoms. The van der Waals surface area contributed by atoms with Crippen molar-refractivity contribution in [3.8, 4) is 17.2 Å². The molecule has 4 N–H and O–H groups in total. The number of aromatic hydroxyl groups is 1. The van der Waals surface area contributed by atoms with E-state index in [1.807, 2.05) is 54.6 Å². The molecule has 182 valence electrons. The van der Waals surface area contributed by atoms with Crippen LogP contribution in [0.15, 0.2) is 97.1 Å². The molecule has 5 heteroatoms. The van der Waals surface area contributed by atoms with Crippen molar-refractivity contribution < 1.29 is 32.7 Å². The van der Waals surface area contributed by atoms with Gasteiger partial charge in [-0.2, -0.15) is 0 Å². The molecule has 0 saturated carbocycles. The molecule has 0 atom stereocenters. The quantitative estimate of drug-likeness (QED) is 0.380. The standard InChI is InChI=1S/C30H31NO3.ClH/c1-30(2,25-8-12-27(32)13-9-25)26-10-16-29(17-11-26)34-21-24-5-3-4-23(18-24)20-33-28-14-6-22(19-31)7-15-28;/h3-18,32H,19-21,31H2,1-2H3;1H. The third kappa shape index (κ3) is 6.78. The number of halogens is 1. The maximum atomic E-state index is 9.57. The summed E-state index contributed by atoms with van der Waals surface area (Å²) in [4.78, 5) is 0. The fourth-order valence-electron chi connectivity index (χ4n) is 3.91. The third-order valence-electron chi connectivity index (χ3n) is 6.18. The molecule has 4 rings (SSSR count). The molecule has 0 saturated heterocycles. The van der Waals surface area contributed by atoms with E-state index in [2.05, 4.69) is 49.9 Å². The second kappa shape index (κ2) is 11.8. The van der Waals surface area contributed by atoms with Gasteiger partial charge in [-0.25, -0.2) is 0 Å². The number of phenolic OH excluding ortho intramolecular Hbond substituents is 1. The van der Waals surface area contributed by atoms with Gasteiger partial charge in [0.1, 0.15) is 30.5 Å². The molecule has 0 amide bonds. The largest absolute Gasteiger partial charge is 1.00 e. The van der Waals surface area contributed by atoms with Crippen molar-refractivity contribution in [2.45, 2.75) is 39.0 Å². The van der Waals surface area contributed by atoms with Crippen LogP contribution in [0.4, 0.5) is 0 Å². The molecule has 4 aromatic carbocycles. The zero-order valence-electron chi connectivity index (χ0n) is 20.2. The normalized spacial score (nSPS) is 10.9. The van der Waals surface area contributed by atoms with E-state index in [0.29, 0.717) is 13.2 Å². The summed E-state index contributed by atoms with van der Waals surface area (Å²) in [5.41, 5.74) is 9.46. The van der Waals surface area contributed by atoms with Gasteiger partial charge in [0, 0.05) is 11.0 Å². The Morgan fingerprint density at radius 1 is 0.657 bits per heavy atom. The Balaban J connectivity index is 0.00000342. The summed E-state index contributed by atoms with van der Waals surface area (Å²) in [7, 11) is 0. The average Bonchev–Trinajstić information content (AvgIpc) is 2.87. The highest BCUT2D eigenvalue weighted by Crippen LogP contribution is 2.33. The van der Waals surface area contributed by atoms with Gasteiger partial charge in [0.05, 0.1) is 6.54 Å². The fraction of sp³-hybridized carbons (Fsp3) is 0.200. The highest BCUT2D eigenvalue weighted by atomic mass is 35.5. The molecule has 0 radical (unpaired) electrons. The second-order valence-electron chi connectivity index (χ2n) is 8.99. The Morgan fingerprint density at radius 3 is 1.60 bits per heavy atom. The summed E-state index contributed by atoms with van der Waals surface area (Å²) in [6.45, 7) is 6.14. The molecule has 0 bridgehead atoms. The van der Waals surface area contributed by atoms with Crippen molar-refractivity contribution in [2.24, 2.45) is 0 Å². The molecule has 0 fully saturated rings. The van der Waals surface area contributed by atoms with Crippen molar-refractivity contribution >= 4 is 0 Å². The van der Waals surface area contributed by atoms with E-state index in [-0.39, 0.29) is 23.6 Å². The molecule has 0 aromatic heterocycles. The van der Waals surface area contributed by atoms with Crippen LogP contribution in [0, 0.1) is 0 Å². The number of benzene rings is 4. The van der Waals surface area contributed by atoms with Crippen LogP contribution in [0.1, 0.15) is 41.7 Å². The van der Waals surface area contributed by atoms with Crippen LogP contribution < -0.4 is 27.6 Å². The SMILES string of the molecule is CC(C)(c1ccc(O)cc1)c1ccc(OCc2cccc(COc3ccc(C[NH3+])cc3)c2)cc1.[Cl-]. The zero-order valence-corrected chi connectivity index (χ0v) is 21.0. The van der Waals surface area contributed by atoms with Crippen LogP contribution >= 0.6 is 0 Å². The topological polar surface area (TPSA) is 66.3 Å². The first-order valence-corrected chi connectivity index (χ1v) is 11.6. The Labute approximate surface area is 213 Å². The van der Waals surface area contributed by atoms with Crippen molar-refractivity contribution in [1.82, 2.24) is 0 Å². The van der Waals surface area contributed by atoms with E-state index < -0.39 is 0 Å². The van der Waals surface area contributed by atoms with Gasteiger partial charge >= 0.3 is 0 Å². The highest BCUT2D eigenvalue weighted by Gasteiger charge is 2.23. The van der Waals surface area contributed by atoms with E-state index >= 15 is 0 Å². The van der Waals surface area contributed by atoms with Crippen LogP contribution in [0.25, 0.3) is 0 Å². The lowest BCUT2D eigenvalue weighted by Gasteiger charge is -2.26.